The molecule has 1 fully saturated rings. The summed E-state index contributed by atoms with van der Waals surface area (Å²) in [6.07, 6.45) is 5.80. The van der Waals surface area contributed by atoms with E-state index in [0.717, 1.165) is 31.3 Å². The summed E-state index contributed by atoms with van der Waals surface area (Å²) in [6, 6.07) is 0.287. The molecule has 1 aliphatic heterocycles. The third-order valence-corrected chi connectivity index (χ3v) is 3.88. The van der Waals surface area contributed by atoms with Crippen molar-refractivity contribution in [1.29, 1.82) is 0 Å². The zero-order valence-corrected chi connectivity index (χ0v) is 11.9. The van der Waals surface area contributed by atoms with Gasteiger partial charge in [0.2, 0.25) is 5.95 Å². The SMILES string of the molecule is CCCCn1cc(C)nc1N1CCC(C(C)N)C1. The molecule has 1 saturated heterocycles. The highest BCUT2D eigenvalue weighted by atomic mass is 15.3. The summed E-state index contributed by atoms with van der Waals surface area (Å²) in [4.78, 5) is 7.09. The van der Waals surface area contributed by atoms with Crippen molar-refractivity contribution in [3.05, 3.63) is 11.9 Å². The molecule has 0 amide bonds. The van der Waals surface area contributed by atoms with Gasteiger partial charge in [0.1, 0.15) is 0 Å². The van der Waals surface area contributed by atoms with Gasteiger partial charge in [-0.1, -0.05) is 13.3 Å². The summed E-state index contributed by atoms with van der Waals surface area (Å²) < 4.78 is 2.31. The second-order valence-corrected chi connectivity index (χ2v) is 5.58. The van der Waals surface area contributed by atoms with Crippen LogP contribution in [0.25, 0.3) is 0 Å². The van der Waals surface area contributed by atoms with Crippen LogP contribution in [-0.2, 0) is 6.54 Å². The lowest BCUT2D eigenvalue weighted by molar-refractivity contribution is 0.487. The van der Waals surface area contributed by atoms with E-state index in [0.29, 0.717) is 5.92 Å². The van der Waals surface area contributed by atoms with Gasteiger partial charge in [-0.15, -0.1) is 0 Å². The number of rotatable bonds is 5. The van der Waals surface area contributed by atoms with Crippen molar-refractivity contribution in [3.8, 4) is 0 Å². The Morgan fingerprint density at radius 3 is 2.94 bits per heavy atom. The van der Waals surface area contributed by atoms with Crippen LogP contribution < -0.4 is 10.6 Å². The van der Waals surface area contributed by atoms with E-state index in [2.05, 4.69) is 41.4 Å². The molecule has 2 unspecified atom stereocenters. The van der Waals surface area contributed by atoms with Crippen molar-refractivity contribution in [3.63, 3.8) is 0 Å². The quantitative estimate of drug-likeness (QED) is 0.871. The maximum absolute atomic E-state index is 6.01. The van der Waals surface area contributed by atoms with Crippen molar-refractivity contribution >= 4 is 5.95 Å². The number of aromatic nitrogens is 2. The minimum Gasteiger partial charge on any atom is -0.342 e. The lowest BCUT2D eigenvalue weighted by Gasteiger charge is -2.20. The number of hydrogen-bond donors (Lipinski definition) is 1. The zero-order chi connectivity index (χ0) is 13.1. The largest absolute Gasteiger partial charge is 0.342 e. The van der Waals surface area contributed by atoms with Gasteiger partial charge in [-0.3, -0.25) is 0 Å². The first kappa shape index (κ1) is 13.4. The number of hydrogen-bond acceptors (Lipinski definition) is 3. The molecule has 4 heteroatoms. The van der Waals surface area contributed by atoms with Gasteiger partial charge in [-0.2, -0.15) is 0 Å². The van der Waals surface area contributed by atoms with E-state index in [-0.39, 0.29) is 6.04 Å². The average Bonchev–Trinajstić information content (AvgIpc) is 2.92. The van der Waals surface area contributed by atoms with E-state index in [1.165, 1.54) is 19.3 Å². The summed E-state index contributed by atoms with van der Waals surface area (Å²) in [5.41, 5.74) is 7.12. The maximum Gasteiger partial charge on any atom is 0.205 e. The Balaban J connectivity index is 2.08. The molecule has 0 radical (unpaired) electrons. The van der Waals surface area contributed by atoms with Crippen molar-refractivity contribution in [2.24, 2.45) is 11.7 Å². The molecule has 0 aromatic carbocycles. The molecule has 0 aliphatic carbocycles. The molecule has 0 bridgehead atoms. The van der Waals surface area contributed by atoms with Crippen LogP contribution in [-0.4, -0.2) is 28.7 Å². The molecule has 0 saturated carbocycles. The Labute approximate surface area is 110 Å². The molecule has 2 N–H and O–H groups in total. The van der Waals surface area contributed by atoms with Crippen molar-refractivity contribution in [2.45, 2.75) is 52.6 Å². The Bertz CT molecular complexity index is 383. The van der Waals surface area contributed by atoms with E-state index in [1.54, 1.807) is 0 Å². The summed E-state index contributed by atoms with van der Waals surface area (Å²) in [5.74, 6) is 1.76. The van der Waals surface area contributed by atoms with E-state index in [4.69, 9.17) is 5.73 Å². The van der Waals surface area contributed by atoms with Crippen LogP contribution in [0.5, 0.6) is 0 Å². The fraction of sp³-hybridized carbons (Fsp3) is 0.786. The number of anilines is 1. The average molecular weight is 250 g/mol. The molecule has 18 heavy (non-hydrogen) atoms. The Kier molecular flexibility index (Phi) is 4.27. The Morgan fingerprint density at radius 2 is 2.33 bits per heavy atom. The van der Waals surface area contributed by atoms with E-state index < -0.39 is 0 Å². The molecule has 2 heterocycles. The van der Waals surface area contributed by atoms with Gasteiger partial charge in [-0.05, 0) is 32.6 Å². The normalized spacial score (nSPS) is 21.6. The zero-order valence-electron chi connectivity index (χ0n) is 11.9. The standard InChI is InChI=1S/C14H26N4/c1-4-5-7-17-9-11(2)16-14(17)18-8-6-13(10-18)12(3)15/h9,12-13H,4-8,10,15H2,1-3H3. The van der Waals surface area contributed by atoms with Gasteiger partial charge in [-0.25, -0.2) is 4.98 Å². The fourth-order valence-electron chi connectivity index (χ4n) is 2.68. The van der Waals surface area contributed by atoms with Crippen molar-refractivity contribution in [1.82, 2.24) is 9.55 Å². The molecule has 1 aromatic rings. The highest BCUT2D eigenvalue weighted by Crippen LogP contribution is 2.25. The van der Waals surface area contributed by atoms with Gasteiger partial charge in [0.25, 0.3) is 0 Å². The summed E-state index contributed by atoms with van der Waals surface area (Å²) in [7, 11) is 0. The molecule has 102 valence electrons. The summed E-state index contributed by atoms with van der Waals surface area (Å²) in [6.45, 7) is 9.64. The second-order valence-electron chi connectivity index (χ2n) is 5.58. The first-order valence-electron chi connectivity index (χ1n) is 7.16. The van der Waals surface area contributed by atoms with Gasteiger partial charge in [0.05, 0.1) is 5.69 Å². The van der Waals surface area contributed by atoms with Gasteiger partial charge in [0, 0.05) is 31.9 Å². The number of unbranched alkanes of at least 4 members (excludes halogenated alkanes) is 1. The van der Waals surface area contributed by atoms with Gasteiger partial charge in [0.15, 0.2) is 0 Å². The third-order valence-electron chi connectivity index (χ3n) is 3.88. The number of nitrogens with zero attached hydrogens (tertiary/aromatic N) is 3. The van der Waals surface area contributed by atoms with E-state index in [9.17, 15) is 0 Å². The Morgan fingerprint density at radius 1 is 1.56 bits per heavy atom. The number of nitrogens with two attached hydrogens (primary N) is 1. The first-order valence-corrected chi connectivity index (χ1v) is 7.16. The summed E-state index contributed by atoms with van der Waals surface area (Å²) >= 11 is 0. The van der Waals surface area contributed by atoms with Crippen LogP contribution in [0.15, 0.2) is 6.20 Å². The monoisotopic (exact) mass is 250 g/mol. The van der Waals surface area contributed by atoms with Gasteiger partial charge >= 0.3 is 0 Å². The lowest BCUT2D eigenvalue weighted by atomic mass is 10.0. The number of imidazole rings is 1. The summed E-state index contributed by atoms with van der Waals surface area (Å²) in [5, 5.41) is 0. The minimum absolute atomic E-state index is 0.287. The molecule has 1 aliphatic rings. The molecular weight excluding hydrogens is 224 g/mol. The highest BCUT2D eigenvalue weighted by Gasteiger charge is 2.27. The fourth-order valence-corrected chi connectivity index (χ4v) is 2.68. The topological polar surface area (TPSA) is 47.1 Å². The molecule has 0 spiro atoms. The molecule has 2 atom stereocenters. The maximum atomic E-state index is 6.01. The highest BCUT2D eigenvalue weighted by molar-refractivity contribution is 5.35. The van der Waals surface area contributed by atoms with Gasteiger partial charge < -0.3 is 15.2 Å². The molecule has 2 rings (SSSR count). The van der Waals surface area contributed by atoms with Crippen molar-refractivity contribution < 1.29 is 0 Å². The third kappa shape index (κ3) is 2.86. The van der Waals surface area contributed by atoms with Crippen LogP contribution in [0.2, 0.25) is 0 Å². The smallest absolute Gasteiger partial charge is 0.205 e. The first-order chi connectivity index (χ1) is 8.61. The Hall–Kier alpha value is -1.03. The molecule has 4 nitrogen and oxygen atoms in total. The van der Waals surface area contributed by atoms with Crippen molar-refractivity contribution in [2.75, 3.05) is 18.0 Å². The second kappa shape index (κ2) is 5.74. The van der Waals surface area contributed by atoms with Crippen LogP contribution in [0.1, 0.15) is 38.8 Å². The van der Waals surface area contributed by atoms with E-state index in [1.807, 2.05) is 0 Å². The molecular formula is C14H26N4. The predicted molar refractivity (Wildman–Crippen MR) is 75.8 cm³/mol. The lowest BCUT2D eigenvalue weighted by Crippen LogP contribution is -2.30. The van der Waals surface area contributed by atoms with E-state index >= 15 is 0 Å². The van der Waals surface area contributed by atoms with Crippen LogP contribution in [0.3, 0.4) is 0 Å². The number of aryl methyl sites for hydroxylation is 2. The van der Waals surface area contributed by atoms with Crippen LogP contribution >= 0.6 is 0 Å². The minimum atomic E-state index is 0.287. The van der Waals surface area contributed by atoms with Crippen LogP contribution in [0, 0.1) is 12.8 Å². The van der Waals surface area contributed by atoms with Crippen LogP contribution in [0.4, 0.5) is 5.95 Å². The predicted octanol–water partition coefficient (Wildman–Crippen LogP) is 2.17. The molecule has 1 aromatic heterocycles.